The third-order valence-electron chi connectivity index (χ3n) is 3.91. The first-order valence-corrected chi connectivity index (χ1v) is 8.94. The van der Waals surface area contributed by atoms with E-state index in [1.807, 2.05) is 31.2 Å². The first-order valence-electron chi connectivity index (χ1n) is 8.53. The van der Waals surface area contributed by atoms with Crippen LogP contribution in [-0.2, 0) is 11.3 Å². The number of amides is 1. The Hall–Kier alpha value is -3.14. The number of rotatable bonds is 6. The highest BCUT2D eigenvalue weighted by Crippen LogP contribution is 2.21. The van der Waals surface area contributed by atoms with Crippen LogP contribution < -0.4 is 10.1 Å². The Morgan fingerprint density at radius 2 is 1.83 bits per heavy atom. The first-order chi connectivity index (χ1) is 13.7. The largest absolute Gasteiger partial charge is 0.484 e. The first kappa shape index (κ1) is 20.6. The van der Waals surface area contributed by atoms with Gasteiger partial charge in [0.25, 0.3) is 0 Å². The average molecular weight is 422 g/mol. The van der Waals surface area contributed by atoms with Crippen molar-refractivity contribution in [1.29, 1.82) is 0 Å². The van der Waals surface area contributed by atoms with Crippen molar-refractivity contribution in [3.8, 4) is 17.1 Å². The second-order valence-corrected chi connectivity index (χ2v) is 6.67. The summed E-state index contributed by atoms with van der Waals surface area (Å²) >= 11 is 5.21. The number of aromatic amines is 1. The van der Waals surface area contributed by atoms with Crippen LogP contribution in [0.4, 0.5) is 18.9 Å². The molecule has 1 aromatic heterocycles. The van der Waals surface area contributed by atoms with Crippen LogP contribution in [0.15, 0.2) is 48.5 Å². The van der Waals surface area contributed by atoms with Crippen LogP contribution in [0.25, 0.3) is 11.4 Å². The van der Waals surface area contributed by atoms with Gasteiger partial charge >= 0.3 is 6.18 Å². The average Bonchev–Trinajstić information content (AvgIpc) is 3.01. The summed E-state index contributed by atoms with van der Waals surface area (Å²) in [6, 6.07) is 13.2. The second kappa shape index (κ2) is 8.48. The molecule has 2 N–H and O–H groups in total. The monoisotopic (exact) mass is 422 g/mol. The van der Waals surface area contributed by atoms with Gasteiger partial charge in [-0.3, -0.25) is 14.5 Å². The fourth-order valence-electron chi connectivity index (χ4n) is 2.53. The van der Waals surface area contributed by atoms with Crippen molar-refractivity contribution in [1.82, 2.24) is 14.8 Å². The Balaban J connectivity index is 1.66. The van der Waals surface area contributed by atoms with E-state index in [0.29, 0.717) is 16.3 Å². The van der Waals surface area contributed by atoms with Crippen molar-refractivity contribution in [3.63, 3.8) is 0 Å². The lowest BCUT2D eigenvalue weighted by Crippen LogP contribution is -2.20. The summed E-state index contributed by atoms with van der Waals surface area (Å²) in [5.41, 5.74) is 2.32. The third-order valence-corrected chi connectivity index (χ3v) is 4.22. The highest BCUT2D eigenvalue weighted by molar-refractivity contribution is 7.71. The molecular formula is C19H17F3N4O2S. The van der Waals surface area contributed by atoms with Gasteiger partial charge in [0, 0.05) is 11.3 Å². The zero-order chi connectivity index (χ0) is 21.0. The number of aryl methyl sites for hydroxylation is 1. The topological polar surface area (TPSA) is 71.9 Å². The van der Waals surface area contributed by atoms with E-state index in [9.17, 15) is 18.0 Å². The Labute approximate surface area is 169 Å². The van der Waals surface area contributed by atoms with Gasteiger partial charge in [0.1, 0.15) is 12.3 Å². The SMILES string of the molecule is Cc1ccc(-c2n[nH]c(=S)n2CC(=O)Nc2ccc(OCC(F)(F)F)cc2)cc1. The van der Waals surface area contributed by atoms with Crippen molar-refractivity contribution in [2.75, 3.05) is 11.9 Å². The molecule has 3 rings (SSSR count). The number of hydrogen-bond donors (Lipinski definition) is 2. The van der Waals surface area contributed by atoms with Gasteiger partial charge in [-0.25, -0.2) is 0 Å². The van der Waals surface area contributed by atoms with Crippen LogP contribution in [0.3, 0.4) is 0 Å². The fourth-order valence-corrected chi connectivity index (χ4v) is 2.73. The minimum Gasteiger partial charge on any atom is -0.484 e. The van der Waals surface area contributed by atoms with Crippen molar-refractivity contribution in [2.24, 2.45) is 0 Å². The van der Waals surface area contributed by atoms with Crippen LogP contribution in [0.1, 0.15) is 5.56 Å². The van der Waals surface area contributed by atoms with Crippen LogP contribution >= 0.6 is 12.2 Å². The lowest BCUT2D eigenvalue weighted by atomic mass is 10.1. The van der Waals surface area contributed by atoms with E-state index in [1.54, 1.807) is 4.57 Å². The summed E-state index contributed by atoms with van der Waals surface area (Å²) in [5.74, 6) is 0.222. The van der Waals surface area contributed by atoms with Gasteiger partial charge in [0.05, 0.1) is 0 Å². The van der Waals surface area contributed by atoms with Gasteiger partial charge in [0.15, 0.2) is 17.2 Å². The maximum atomic E-state index is 12.4. The summed E-state index contributed by atoms with van der Waals surface area (Å²) in [5, 5.41) is 9.53. The van der Waals surface area contributed by atoms with E-state index >= 15 is 0 Å². The number of alkyl halides is 3. The predicted molar refractivity (Wildman–Crippen MR) is 104 cm³/mol. The number of nitrogens with zero attached hydrogens (tertiary/aromatic N) is 2. The molecule has 0 aliphatic rings. The van der Waals surface area contributed by atoms with Gasteiger partial charge in [-0.2, -0.15) is 18.3 Å². The van der Waals surface area contributed by atoms with E-state index < -0.39 is 12.8 Å². The van der Waals surface area contributed by atoms with E-state index in [4.69, 9.17) is 12.2 Å². The Morgan fingerprint density at radius 3 is 2.45 bits per heavy atom. The number of hydrogen-bond acceptors (Lipinski definition) is 4. The Morgan fingerprint density at radius 1 is 1.17 bits per heavy atom. The molecule has 2 aromatic carbocycles. The fraction of sp³-hybridized carbons (Fsp3) is 0.211. The molecule has 10 heteroatoms. The van der Waals surface area contributed by atoms with Crippen LogP contribution in [0.2, 0.25) is 0 Å². The predicted octanol–water partition coefficient (Wildman–Crippen LogP) is 4.50. The lowest BCUT2D eigenvalue weighted by Gasteiger charge is -2.11. The number of nitrogens with one attached hydrogen (secondary N) is 2. The standard InChI is InChI=1S/C19H17F3N4O2S/c1-12-2-4-13(5-3-12)17-24-25-18(29)26(17)10-16(27)23-14-6-8-15(9-7-14)28-11-19(20,21)22/h2-9H,10-11H2,1H3,(H,23,27)(H,25,29). The molecule has 0 bridgehead atoms. The maximum absolute atomic E-state index is 12.4. The molecule has 0 saturated heterocycles. The Kier molecular flexibility index (Phi) is 6.02. The van der Waals surface area contributed by atoms with Crippen LogP contribution in [-0.4, -0.2) is 33.5 Å². The molecule has 0 radical (unpaired) electrons. The van der Waals surface area contributed by atoms with Gasteiger partial charge in [-0.15, -0.1) is 0 Å². The molecule has 0 fully saturated rings. The number of H-pyrrole nitrogens is 1. The molecule has 0 aliphatic carbocycles. The van der Waals surface area contributed by atoms with Crippen LogP contribution in [0, 0.1) is 11.7 Å². The molecule has 3 aromatic rings. The molecular weight excluding hydrogens is 405 g/mol. The highest BCUT2D eigenvalue weighted by Gasteiger charge is 2.28. The summed E-state index contributed by atoms with van der Waals surface area (Å²) in [6.07, 6.45) is -4.41. The number of halogens is 3. The summed E-state index contributed by atoms with van der Waals surface area (Å²) in [6.45, 7) is 0.512. The van der Waals surface area contributed by atoms with Crippen molar-refractivity contribution in [2.45, 2.75) is 19.6 Å². The molecule has 152 valence electrons. The highest BCUT2D eigenvalue weighted by atomic mass is 32.1. The zero-order valence-electron chi connectivity index (χ0n) is 15.3. The number of carbonyl (C=O) groups excluding carboxylic acids is 1. The summed E-state index contributed by atoms with van der Waals surface area (Å²) in [4.78, 5) is 12.4. The minimum absolute atomic E-state index is 0.0547. The number of aromatic nitrogens is 3. The number of benzene rings is 2. The van der Waals surface area contributed by atoms with Crippen molar-refractivity contribution < 1.29 is 22.7 Å². The van der Waals surface area contributed by atoms with Crippen molar-refractivity contribution >= 4 is 23.8 Å². The quantitative estimate of drug-likeness (QED) is 0.574. The molecule has 0 spiro atoms. The minimum atomic E-state index is -4.41. The summed E-state index contributed by atoms with van der Waals surface area (Å²) < 4.78 is 43.0. The summed E-state index contributed by atoms with van der Waals surface area (Å²) in [7, 11) is 0. The van der Waals surface area contributed by atoms with Gasteiger partial charge in [-0.05, 0) is 43.4 Å². The van der Waals surface area contributed by atoms with E-state index in [0.717, 1.165) is 11.1 Å². The van der Waals surface area contributed by atoms with Gasteiger partial charge in [-0.1, -0.05) is 29.8 Å². The molecule has 0 atom stereocenters. The van der Waals surface area contributed by atoms with Gasteiger partial charge < -0.3 is 10.1 Å². The van der Waals surface area contributed by atoms with E-state index in [-0.39, 0.29) is 18.2 Å². The molecule has 0 unspecified atom stereocenters. The maximum Gasteiger partial charge on any atom is 0.422 e. The number of carbonyl (C=O) groups is 1. The molecule has 29 heavy (non-hydrogen) atoms. The molecule has 1 heterocycles. The molecule has 0 saturated carbocycles. The van der Waals surface area contributed by atoms with Crippen LogP contribution in [0.5, 0.6) is 5.75 Å². The molecule has 1 amide bonds. The lowest BCUT2D eigenvalue weighted by molar-refractivity contribution is -0.153. The number of ether oxygens (including phenoxy) is 1. The molecule has 0 aliphatic heterocycles. The van der Waals surface area contributed by atoms with E-state index in [2.05, 4.69) is 20.3 Å². The Bertz CT molecular complexity index is 1040. The molecule has 6 nitrogen and oxygen atoms in total. The smallest absolute Gasteiger partial charge is 0.422 e. The van der Waals surface area contributed by atoms with Crippen molar-refractivity contribution in [3.05, 3.63) is 58.9 Å². The van der Waals surface area contributed by atoms with Gasteiger partial charge in [0.2, 0.25) is 5.91 Å². The zero-order valence-corrected chi connectivity index (χ0v) is 16.1. The third kappa shape index (κ3) is 5.67. The second-order valence-electron chi connectivity index (χ2n) is 6.28. The van der Waals surface area contributed by atoms with E-state index in [1.165, 1.54) is 24.3 Å². The number of anilines is 1. The normalized spacial score (nSPS) is 11.3.